The molecule has 0 unspecified atom stereocenters. The highest BCUT2D eigenvalue weighted by atomic mass is 19.1. The van der Waals surface area contributed by atoms with E-state index in [1.54, 1.807) is 4.90 Å². The smallest absolute Gasteiger partial charge is 0.317 e. The van der Waals surface area contributed by atoms with Crippen LogP contribution in [-0.2, 0) is 20.8 Å². The van der Waals surface area contributed by atoms with Gasteiger partial charge in [-0.05, 0) is 92.5 Å². The normalized spacial score (nSPS) is 18.5. The fourth-order valence-corrected chi connectivity index (χ4v) is 5.36. The van der Waals surface area contributed by atoms with Crippen molar-refractivity contribution in [1.29, 1.82) is 0 Å². The van der Waals surface area contributed by atoms with Gasteiger partial charge < -0.3 is 25.3 Å². The van der Waals surface area contributed by atoms with E-state index in [9.17, 15) is 23.9 Å². The van der Waals surface area contributed by atoms with E-state index in [1.165, 1.54) is 24.3 Å². The molecule has 1 aliphatic carbocycles. The summed E-state index contributed by atoms with van der Waals surface area (Å²) in [5, 5.41) is 37.9. The number of rotatable bonds is 15. The highest BCUT2D eigenvalue weighted by molar-refractivity contribution is 6.04. The third kappa shape index (κ3) is 7.32. The fourth-order valence-electron chi connectivity index (χ4n) is 5.36. The molecule has 0 aromatic heterocycles. The number of anilines is 1. The number of aliphatic hydroxyl groups is 2. The van der Waals surface area contributed by atoms with Gasteiger partial charge in [-0.2, -0.15) is 0 Å². The Morgan fingerprint density at radius 1 is 0.905 bits per heavy atom. The summed E-state index contributed by atoms with van der Waals surface area (Å²) in [7, 11) is 0. The topological polar surface area (TPSA) is 135 Å². The lowest BCUT2D eigenvalue weighted by Gasteiger charge is -2.47. The molecule has 9 heteroatoms. The third-order valence-electron chi connectivity index (χ3n) is 7.74. The van der Waals surface area contributed by atoms with Gasteiger partial charge in [0.2, 0.25) is 5.91 Å². The Bertz CT molecular complexity index is 1420. The number of hydrogen-bond acceptors (Lipinski definition) is 5. The predicted molar refractivity (Wildman–Crippen MR) is 153 cm³/mol. The Kier molecular flexibility index (Phi) is 10.3. The fraction of sp³-hybridized carbons (Fsp3) is 0.364. The van der Waals surface area contributed by atoms with Crippen molar-refractivity contribution < 1.29 is 39.2 Å². The molecule has 1 aliphatic heterocycles. The van der Waals surface area contributed by atoms with Crippen molar-refractivity contribution in [2.24, 2.45) is 11.8 Å². The zero-order chi connectivity index (χ0) is 30.2. The molecule has 4 N–H and O–H groups in total. The monoisotopic (exact) mass is 575 g/mol. The van der Waals surface area contributed by atoms with Crippen molar-refractivity contribution in [2.45, 2.75) is 57.1 Å². The molecule has 8 nitrogen and oxygen atoms in total. The Balaban J connectivity index is 1.53. The number of aliphatic carboxylic acids is 2. The molecule has 1 saturated heterocycles. The van der Waals surface area contributed by atoms with Crippen LogP contribution in [0.3, 0.4) is 0 Å². The van der Waals surface area contributed by atoms with Gasteiger partial charge in [0.15, 0.2) is 5.92 Å². The van der Waals surface area contributed by atoms with Crippen LogP contribution in [-0.4, -0.2) is 50.9 Å². The molecule has 0 spiro atoms. The van der Waals surface area contributed by atoms with Crippen LogP contribution in [0, 0.1) is 17.7 Å². The van der Waals surface area contributed by atoms with E-state index in [4.69, 9.17) is 15.3 Å². The van der Waals surface area contributed by atoms with Crippen LogP contribution >= 0.6 is 0 Å². The van der Waals surface area contributed by atoms with Crippen LogP contribution in [0.5, 0.6) is 0 Å². The van der Waals surface area contributed by atoms with E-state index >= 15 is 0 Å². The number of aliphatic hydroxyl groups excluding tert-OH is 2. The highest BCUT2D eigenvalue weighted by Gasteiger charge is 2.49. The van der Waals surface area contributed by atoms with Crippen LogP contribution in [0.4, 0.5) is 10.1 Å². The quantitative estimate of drug-likeness (QED) is 0.137. The molecule has 0 saturated carbocycles. The summed E-state index contributed by atoms with van der Waals surface area (Å²) in [6.07, 6.45) is 5.69. The first-order chi connectivity index (χ1) is 20.2. The van der Waals surface area contributed by atoms with Crippen LogP contribution in [0.1, 0.15) is 55.8 Å². The van der Waals surface area contributed by atoms with E-state index in [1.807, 2.05) is 36.4 Å². The van der Waals surface area contributed by atoms with Gasteiger partial charge in [-0.15, -0.1) is 0 Å². The van der Waals surface area contributed by atoms with Crippen LogP contribution in [0.25, 0.3) is 0 Å². The van der Waals surface area contributed by atoms with Gasteiger partial charge in [0.1, 0.15) is 5.82 Å². The highest BCUT2D eigenvalue weighted by Crippen LogP contribution is 2.41. The Morgan fingerprint density at radius 3 is 2.19 bits per heavy atom. The van der Waals surface area contributed by atoms with Crippen molar-refractivity contribution in [2.75, 3.05) is 11.5 Å². The number of carboxylic acids is 2. The first-order valence-corrected chi connectivity index (χ1v) is 14.0. The van der Waals surface area contributed by atoms with Gasteiger partial charge in [-0.1, -0.05) is 35.7 Å². The molecule has 1 amide bonds. The lowest BCUT2D eigenvalue weighted by atomic mass is 9.77. The number of nitrogens with zero attached hydrogens (tertiary/aromatic N) is 1. The summed E-state index contributed by atoms with van der Waals surface area (Å²) < 4.78 is 13.3. The van der Waals surface area contributed by atoms with E-state index < -0.39 is 35.7 Å². The summed E-state index contributed by atoms with van der Waals surface area (Å²) in [6, 6.07) is 12.9. The second-order valence-corrected chi connectivity index (χ2v) is 10.6. The van der Waals surface area contributed by atoms with Gasteiger partial charge in [0, 0.05) is 23.4 Å². The van der Waals surface area contributed by atoms with Crippen molar-refractivity contribution in [3.8, 4) is 0 Å². The molecule has 0 bridgehead atoms. The number of carbonyl (C=O) groups excluding carboxylic acids is 1. The van der Waals surface area contributed by atoms with Crippen molar-refractivity contribution in [3.05, 3.63) is 100 Å². The molecule has 3 atom stereocenters. The Labute approximate surface area is 243 Å². The van der Waals surface area contributed by atoms with Gasteiger partial charge in [-0.25, -0.2) is 4.39 Å². The molecular weight excluding hydrogens is 541 g/mol. The van der Waals surface area contributed by atoms with Gasteiger partial charge in [-0.3, -0.25) is 14.4 Å². The standard InChI is InChI=1S/C33H34FNO7/c34-25-14-12-23(13-15-25)29(37)19-18-27-30(35(31(27)38)26-16-8-22(9-17-26)4-2-20-36)24-10-6-21(7-11-24)3-1-5-28(32(39)40)33(41)42/h6,8-10,12-17,27-30,36-37H,1-5,18-20H2,(H,39,40)(H,41,42)/t27-,29+,30-/m1/s1. The minimum absolute atomic E-state index is 0.00206. The van der Waals surface area contributed by atoms with Crippen LogP contribution < -0.4 is 4.90 Å². The molecular formula is C33H34FNO7. The number of carboxylic acid groups (broad SMARTS) is 2. The number of β-lactam (4-membered cyclic amide) rings is 1. The predicted octanol–water partition coefficient (Wildman–Crippen LogP) is 4.73. The lowest BCUT2D eigenvalue weighted by molar-refractivity contribution is -0.154. The van der Waals surface area contributed by atoms with Gasteiger partial charge >= 0.3 is 11.9 Å². The minimum atomic E-state index is -1.45. The second kappa shape index (κ2) is 14.1. The zero-order valence-corrected chi connectivity index (χ0v) is 23.1. The van der Waals surface area contributed by atoms with E-state index in [-0.39, 0.29) is 25.0 Å². The maximum Gasteiger partial charge on any atom is 0.317 e. The van der Waals surface area contributed by atoms with Crippen LogP contribution in [0.15, 0.2) is 83.3 Å². The molecule has 1 heterocycles. The molecule has 220 valence electrons. The van der Waals surface area contributed by atoms with Crippen molar-refractivity contribution in [1.82, 2.24) is 0 Å². The first-order valence-electron chi connectivity index (χ1n) is 14.0. The average Bonchev–Trinajstić information content (AvgIpc) is 2.98. The molecule has 2 aliphatic rings. The average molecular weight is 576 g/mol. The van der Waals surface area contributed by atoms with Crippen LogP contribution in [0.2, 0.25) is 0 Å². The number of benzene rings is 2. The number of halogens is 1. The van der Waals surface area contributed by atoms with Crippen molar-refractivity contribution in [3.63, 3.8) is 0 Å². The largest absolute Gasteiger partial charge is 0.481 e. The molecule has 1 fully saturated rings. The maximum absolute atomic E-state index is 13.4. The van der Waals surface area contributed by atoms with Crippen molar-refractivity contribution >= 4 is 23.5 Å². The zero-order valence-electron chi connectivity index (χ0n) is 23.1. The summed E-state index contributed by atoms with van der Waals surface area (Å²) in [4.78, 5) is 37.4. The van der Waals surface area contributed by atoms with Gasteiger partial charge in [0.05, 0.1) is 18.1 Å². The first kappa shape index (κ1) is 30.7. The molecule has 2 aromatic carbocycles. The Morgan fingerprint density at radius 2 is 1.60 bits per heavy atom. The number of allylic oxidation sites excluding steroid dienone is 2. The molecule has 0 radical (unpaired) electrons. The number of aryl methyl sites for hydroxylation is 1. The number of amides is 1. The minimum Gasteiger partial charge on any atom is -0.481 e. The molecule has 4 rings (SSSR count). The Hall–Kier alpha value is -4.26. The van der Waals surface area contributed by atoms with E-state index in [2.05, 4.69) is 11.5 Å². The summed E-state index contributed by atoms with van der Waals surface area (Å²) in [5.74, 6) is -5.07. The second-order valence-electron chi connectivity index (χ2n) is 10.6. The third-order valence-corrected chi connectivity index (χ3v) is 7.74. The summed E-state index contributed by atoms with van der Waals surface area (Å²) in [5.41, 5.74) is 10.1. The summed E-state index contributed by atoms with van der Waals surface area (Å²) >= 11 is 0. The number of hydrogen-bond donors (Lipinski definition) is 4. The van der Waals surface area contributed by atoms with E-state index in [0.29, 0.717) is 37.7 Å². The van der Waals surface area contributed by atoms with Gasteiger partial charge in [0.25, 0.3) is 0 Å². The SMILES string of the molecule is O=C(O)C(CCCC1=C=C=C([C@@H]2[C@@H](CC[C@H](O)c3ccc(F)cc3)C(=O)N2c2ccc(CCCO)cc2)C=C1)C(=O)O. The molecule has 42 heavy (non-hydrogen) atoms. The lowest BCUT2D eigenvalue weighted by Crippen LogP contribution is -2.62. The molecule has 2 aromatic rings. The maximum atomic E-state index is 13.4. The summed E-state index contributed by atoms with van der Waals surface area (Å²) in [6.45, 7) is 0.0991. The number of carbonyl (C=O) groups is 3. The van der Waals surface area contributed by atoms with E-state index in [0.717, 1.165) is 28.8 Å².